The van der Waals surface area contributed by atoms with Crippen LogP contribution in [0.25, 0.3) is 11.1 Å². The maximum atomic E-state index is 12.4. The molecule has 0 aliphatic carbocycles. The fraction of sp³-hybridized carbons (Fsp3) is 0.200. The van der Waals surface area contributed by atoms with Crippen LogP contribution in [0.2, 0.25) is 0 Å². The van der Waals surface area contributed by atoms with Gasteiger partial charge in [-0.15, -0.1) is 0 Å². The second kappa shape index (κ2) is 9.79. The third-order valence-corrected chi connectivity index (χ3v) is 5.83. The van der Waals surface area contributed by atoms with Gasteiger partial charge in [-0.2, -0.15) is 0 Å². The second-order valence-electron chi connectivity index (χ2n) is 7.42. The van der Waals surface area contributed by atoms with Gasteiger partial charge in [0.1, 0.15) is 5.75 Å². The van der Waals surface area contributed by atoms with Gasteiger partial charge in [-0.1, -0.05) is 36.4 Å². The Kier molecular flexibility index (Phi) is 6.67. The average Bonchev–Trinajstić information content (AvgIpc) is 3.34. The van der Waals surface area contributed by atoms with E-state index in [1.165, 1.54) is 0 Å². The van der Waals surface area contributed by atoms with E-state index in [0.29, 0.717) is 17.0 Å². The lowest BCUT2D eigenvalue weighted by atomic mass is 10.1. The van der Waals surface area contributed by atoms with Gasteiger partial charge in [0.25, 0.3) is 11.8 Å². The fourth-order valence-electron chi connectivity index (χ4n) is 3.57. The molecule has 5 nitrogen and oxygen atoms in total. The highest BCUT2D eigenvalue weighted by Crippen LogP contribution is 2.30. The smallest absolute Gasteiger partial charge is 0.262 e. The molecule has 0 atom stereocenters. The van der Waals surface area contributed by atoms with Crippen LogP contribution >= 0.6 is 15.9 Å². The van der Waals surface area contributed by atoms with E-state index in [2.05, 4.69) is 21.2 Å². The summed E-state index contributed by atoms with van der Waals surface area (Å²) in [5.41, 5.74) is 3.44. The molecule has 0 bridgehead atoms. The molecule has 6 heteroatoms. The van der Waals surface area contributed by atoms with E-state index < -0.39 is 0 Å². The number of nitrogens with one attached hydrogen (secondary N) is 1. The Hall–Kier alpha value is -3.12. The quantitative estimate of drug-likeness (QED) is 0.517. The number of ether oxygens (including phenoxy) is 1. The van der Waals surface area contributed by atoms with Crippen LogP contribution in [0.3, 0.4) is 0 Å². The van der Waals surface area contributed by atoms with Gasteiger partial charge in [-0.25, -0.2) is 0 Å². The molecule has 0 aromatic heterocycles. The van der Waals surface area contributed by atoms with Crippen LogP contribution in [0.5, 0.6) is 5.75 Å². The number of benzene rings is 3. The molecule has 2 amide bonds. The van der Waals surface area contributed by atoms with Crippen molar-refractivity contribution in [3.05, 3.63) is 82.8 Å². The molecule has 1 N–H and O–H groups in total. The topological polar surface area (TPSA) is 58.6 Å². The number of rotatable bonds is 6. The Morgan fingerprint density at radius 3 is 2.29 bits per heavy atom. The average molecular weight is 479 g/mol. The van der Waals surface area contributed by atoms with Crippen molar-refractivity contribution in [3.8, 4) is 16.9 Å². The lowest BCUT2D eigenvalue weighted by Crippen LogP contribution is -2.27. The lowest BCUT2D eigenvalue weighted by Gasteiger charge is -2.15. The van der Waals surface area contributed by atoms with Gasteiger partial charge in [0.05, 0.1) is 4.47 Å². The number of halogens is 1. The summed E-state index contributed by atoms with van der Waals surface area (Å²) in [5, 5.41) is 2.80. The number of hydrogen-bond acceptors (Lipinski definition) is 3. The molecule has 4 rings (SSSR count). The number of anilines is 1. The molecule has 31 heavy (non-hydrogen) atoms. The maximum Gasteiger partial charge on any atom is 0.262 e. The molecular formula is C25H23BrN2O3. The van der Waals surface area contributed by atoms with Crippen molar-refractivity contribution in [2.24, 2.45) is 0 Å². The van der Waals surface area contributed by atoms with Crippen molar-refractivity contribution in [2.45, 2.75) is 12.8 Å². The van der Waals surface area contributed by atoms with Gasteiger partial charge in [0.15, 0.2) is 6.61 Å². The number of nitrogens with zero attached hydrogens (tertiary/aromatic N) is 1. The minimum atomic E-state index is -0.266. The Balaban J connectivity index is 1.31. The molecule has 1 aliphatic heterocycles. The number of amides is 2. The van der Waals surface area contributed by atoms with E-state index in [9.17, 15) is 9.59 Å². The van der Waals surface area contributed by atoms with Gasteiger partial charge in [0.2, 0.25) is 0 Å². The van der Waals surface area contributed by atoms with Crippen LogP contribution < -0.4 is 10.1 Å². The van der Waals surface area contributed by atoms with E-state index in [0.717, 1.165) is 41.5 Å². The summed E-state index contributed by atoms with van der Waals surface area (Å²) in [7, 11) is 0. The van der Waals surface area contributed by atoms with Gasteiger partial charge < -0.3 is 15.0 Å². The molecule has 3 aromatic carbocycles. The molecule has 0 unspecified atom stereocenters. The molecule has 1 aliphatic rings. The van der Waals surface area contributed by atoms with Gasteiger partial charge in [-0.3, -0.25) is 9.59 Å². The Bertz CT molecular complexity index is 1060. The highest BCUT2D eigenvalue weighted by atomic mass is 79.9. The van der Waals surface area contributed by atoms with Gasteiger partial charge in [0, 0.05) is 24.3 Å². The predicted molar refractivity (Wildman–Crippen MR) is 125 cm³/mol. The molecule has 0 spiro atoms. The van der Waals surface area contributed by atoms with Crippen LogP contribution in [0.15, 0.2) is 77.3 Å². The normalized spacial score (nSPS) is 13.1. The number of likely N-dealkylation sites (tertiary alicyclic amines) is 1. The van der Waals surface area contributed by atoms with Crippen molar-refractivity contribution in [1.82, 2.24) is 4.90 Å². The Labute approximate surface area is 190 Å². The summed E-state index contributed by atoms with van der Waals surface area (Å²) < 4.78 is 6.46. The first kappa shape index (κ1) is 21.1. The molecule has 1 heterocycles. The highest BCUT2D eigenvalue weighted by molar-refractivity contribution is 9.10. The minimum Gasteiger partial charge on any atom is -0.483 e. The van der Waals surface area contributed by atoms with E-state index >= 15 is 0 Å². The molecule has 0 saturated carbocycles. The highest BCUT2D eigenvalue weighted by Gasteiger charge is 2.19. The first-order valence-electron chi connectivity index (χ1n) is 10.3. The van der Waals surface area contributed by atoms with Crippen LogP contribution in [0, 0.1) is 0 Å². The zero-order valence-corrected chi connectivity index (χ0v) is 18.6. The Morgan fingerprint density at radius 2 is 1.61 bits per heavy atom. The van der Waals surface area contributed by atoms with E-state index in [-0.39, 0.29) is 18.4 Å². The molecule has 1 saturated heterocycles. The van der Waals surface area contributed by atoms with Gasteiger partial charge in [-0.05, 0) is 76.3 Å². The summed E-state index contributed by atoms with van der Waals surface area (Å²) in [6.45, 7) is 1.52. The molecule has 1 fully saturated rings. The molecule has 158 valence electrons. The second-order valence-corrected chi connectivity index (χ2v) is 8.28. The number of carbonyl (C=O) groups is 2. The molecule has 0 radical (unpaired) electrons. The van der Waals surface area contributed by atoms with E-state index in [1.807, 2.05) is 53.4 Å². The summed E-state index contributed by atoms with van der Waals surface area (Å²) in [4.78, 5) is 26.6. The van der Waals surface area contributed by atoms with E-state index in [1.54, 1.807) is 24.3 Å². The van der Waals surface area contributed by atoms with E-state index in [4.69, 9.17) is 4.74 Å². The monoisotopic (exact) mass is 478 g/mol. The standard InChI is InChI=1S/C25H23BrN2O3/c26-22-16-20(18-6-2-1-3-7-18)10-13-23(22)31-17-24(29)27-21-11-8-19(9-12-21)25(30)28-14-4-5-15-28/h1-3,6-13,16H,4-5,14-15,17H2,(H,27,29). The lowest BCUT2D eigenvalue weighted by molar-refractivity contribution is -0.118. The first-order chi connectivity index (χ1) is 15.1. The van der Waals surface area contributed by atoms with Crippen LogP contribution in [0.1, 0.15) is 23.2 Å². The van der Waals surface area contributed by atoms with Crippen molar-refractivity contribution < 1.29 is 14.3 Å². The summed E-state index contributed by atoms with van der Waals surface area (Å²) in [6, 6.07) is 22.8. The summed E-state index contributed by atoms with van der Waals surface area (Å²) in [6.07, 6.45) is 2.12. The minimum absolute atomic E-state index is 0.0440. The van der Waals surface area contributed by atoms with Gasteiger partial charge >= 0.3 is 0 Å². The first-order valence-corrected chi connectivity index (χ1v) is 11.1. The zero-order valence-electron chi connectivity index (χ0n) is 17.0. The SMILES string of the molecule is O=C(COc1ccc(-c2ccccc2)cc1Br)Nc1ccc(C(=O)N2CCCC2)cc1. The van der Waals surface area contributed by atoms with Crippen molar-refractivity contribution in [1.29, 1.82) is 0 Å². The van der Waals surface area contributed by atoms with Crippen LogP contribution in [-0.4, -0.2) is 36.4 Å². The van der Waals surface area contributed by atoms with Crippen LogP contribution in [0.4, 0.5) is 5.69 Å². The maximum absolute atomic E-state index is 12.4. The third-order valence-electron chi connectivity index (χ3n) is 5.21. The molecular weight excluding hydrogens is 456 g/mol. The third kappa shape index (κ3) is 5.33. The largest absolute Gasteiger partial charge is 0.483 e. The summed E-state index contributed by atoms with van der Waals surface area (Å²) in [5.74, 6) is 0.376. The number of hydrogen-bond donors (Lipinski definition) is 1. The molecule has 3 aromatic rings. The summed E-state index contributed by atoms with van der Waals surface area (Å²) >= 11 is 3.52. The fourth-order valence-corrected chi connectivity index (χ4v) is 4.06. The van der Waals surface area contributed by atoms with Crippen LogP contribution in [-0.2, 0) is 4.79 Å². The zero-order chi connectivity index (χ0) is 21.6. The van der Waals surface area contributed by atoms with Crippen molar-refractivity contribution in [3.63, 3.8) is 0 Å². The van der Waals surface area contributed by atoms with Crippen molar-refractivity contribution >= 4 is 33.4 Å². The predicted octanol–water partition coefficient (Wildman–Crippen LogP) is 5.37. The Morgan fingerprint density at radius 1 is 0.903 bits per heavy atom. The number of carbonyl (C=O) groups excluding carboxylic acids is 2. The van der Waals surface area contributed by atoms with Crippen molar-refractivity contribution in [2.75, 3.05) is 25.0 Å².